The predicted octanol–water partition coefficient (Wildman–Crippen LogP) is 2.52. The highest BCUT2D eigenvalue weighted by Gasteiger charge is 2.37. The van der Waals surface area contributed by atoms with Crippen LogP contribution in [0.25, 0.3) is 22.2 Å². The number of H-pyrrole nitrogens is 2. The third-order valence-electron chi connectivity index (χ3n) is 5.47. The Morgan fingerprint density at radius 3 is 2.90 bits per heavy atom. The average Bonchev–Trinajstić information content (AvgIpc) is 3.58. The van der Waals surface area contributed by atoms with Gasteiger partial charge in [-0.05, 0) is 11.5 Å². The van der Waals surface area contributed by atoms with Crippen molar-refractivity contribution in [2.24, 2.45) is 0 Å². The zero-order valence-electron chi connectivity index (χ0n) is 16.2. The second-order valence-electron chi connectivity index (χ2n) is 7.27. The van der Waals surface area contributed by atoms with Crippen molar-refractivity contribution in [3.63, 3.8) is 0 Å². The average molecular weight is 412 g/mol. The lowest BCUT2D eigenvalue weighted by Gasteiger charge is -2.33. The van der Waals surface area contributed by atoms with Crippen molar-refractivity contribution in [1.82, 2.24) is 40.2 Å². The topological polar surface area (TPSA) is 129 Å². The number of aromatic nitrogens is 7. The summed E-state index contributed by atoms with van der Waals surface area (Å²) in [6.45, 7) is 0.469. The van der Waals surface area contributed by atoms with Gasteiger partial charge in [0.05, 0.1) is 29.5 Å². The number of rotatable bonds is 3. The molecule has 5 aromatic rings. The summed E-state index contributed by atoms with van der Waals surface area (Å²) in [7, 11) is 0. The van der Waals surface area contributed by atoms with E-state index in [-0.39, 0.29) is 17.7 Å². The molecule has 0 unspecified atom stereocenters. The van der Waals surface area contributed by atoms with Gasteiger partial charge in [-0.15, -0.1) is 10.2 Å². The van der Waals surface area contributed by atoms with Gasteiger partial charge < -0.3 is 14.3 Å². The normalized spacial score (nSPS) is 15.9. The van der Waals surface area contributed by atoms with Crippen molar-refractivity contribution in [3.05, 3.63) is 78.2 Å². The zero-order chi connectivity index (χ0) is 20.8. The van der Waals surface area contributed by atoms with Gasteiger partial charge >= 0.3 is 11.8 Å². The second-order valence-corrected chi connectivity index (χ2v) is 7.27. The summed E-state index contributed by atoms with van der Waals surface area (Å²) in [6, 6.07) is 9.51. The molecule has 31 heavy (non-hydrogen) atoms. The minimum Gasteiger partial charge on any atom is -0.412 e. The van der Waals surface area contributed by atoms with Gasteiger partial charge in [-0.1, -0.05) is 24.3 Å². The minimum atomic E-state index is -0.462. The number of hydrogen-bond acceptors (Lipinski definition) is 7. The fourth-order valence-corrected chi connectivity index (χ4v) is 3.96. The highest BCUT2D eigenvalue weighted by atomic mass is 16.4. The van der Waals surface area contributed by atoms with Crippen LogP contribution in [0.5, 0.6) is 0 Å². The number of nitrogens with one attached hydrogen (secondary N) is 2. The van der Waals surface area contributed by atoms with E-state index in [2.05, 4.69) is 35.3 Å². The smallest absolute Gasteiger partial charge is 0.312 e. The summed E-state index contributed by atoms with van der Waals surface area (Å²) >= 11 is 0. The lowest BCUT2D eigenvalue weighted by atomic mass is 9.98. The molecule has 0 saturated heterocycles. The molecule has 6 rings (SSSR count). The monoisotopic (exact) mass is 412 g/mol. The third kappa shape index (κ3) is 2.88. The van der Waals surface area contributed by atoms with Crippen LogP contribution in [0.15, 0.2) is 59.7 Å². The summed E-state index contributed by atoms with van der Waals surface area (Å²) in [5.41, 5.74) is 3.12. The number of benzene rings is 1. The fraction of sp³-hybridized carbons (Fsp3) is 0.143. The molecule has 5 heterocycles. The molecule has 1 atom stereocenters. The molecule has 1 aliphatic rings. The lowest BCUT2D eigenvalue weighted by molar-refractivity contribution is 0.0647. The highest BCUT2D eigenvalue weighted by Crippen LogP contribution is 2.34. The van der Waals surface area contributed by atoms with Crippen molar-refractivity contribution in [2.75, 3.05) is 6.54 Å². The number of aromatic amines is 2. The van der Waals surface area contributed by atoms with Crippen LogP contribution in [0.4, 0.5) is 0 Å². The summed E-state index contributed by atoms with van der Waals surface area (Å²) in [5.74, 6) is -0.216. The molecule has 4 aromatic heterocycles. The molecule has 0 fully saturated rings. The summed E-state index contributed by atoms with van der Waals surface area (Å²) in [6.07, 6.45) is 7.29. The Labute approximate surface area is 175 Å². The first-order valence-electron chi connectivity index (χ1n) is 9.78. The van der Waals surface area contributed by atoms with Gasteiger partial charge in [0.25, 0.3) is 5.89 Å². The molecule has 0 saturated carbocycles. The molecular formula is C21H16N8O2. The number of fused-ring (bicyclic) bond motifs is 2. The molecule has 0 radical (unpaired) electrons. The predicted molar refractivity (Wildman–Crippen MR) is 109 cm³/mol. The van der Waals surface area contributed by atoms with Crippen molar-refractivity contribution in [3.8, 4) is 11.5 Å². The summed E-state index contributed by atoms with van der Waals surface area (Å²) < 4.78 is 5.64. The molecule has 0 bridgehead atoms. The van der Waals surface area contributed by atoms with Gasteiger partial charge in [0, 0.05) is 36.4 Å². The molecule has 1 amide bonds. The maximum atomic E-state index is 13.4. The van der Waals surface area contributed by atoms with E-state index in [1.165, 1.54) is 0 Å². The molecule has 10 nitrogen and oxygen atoms in total. The number of amides is 1. The Morgan fingerprint density at radius 1 is 1.13 bits per heavy atom. The second kappa shape index (κ2) is 6.87. The van der Waals surface area contributed by atoms with Crippen LogP contribution in [0.3, 0.4) is 0 Å². The largest absolute Gasteiger partial charge is 0.412 e. The maximum Gasteiger partial charge on any atom is 0.312 e. The molecule has 0 spiro atoms. The van der Waals surface area contributed by atoms with Crippen LogP contribution in [0.2, 0.25) is 0 Å². The Balaban J connectivity index is 1.42. The number of hydrogen-bond donors (Lipinski definition) is 2. The Morgan fingerprint density at radius 2 is 2.03 bits per heavy atom. The number of nitrogens with zero attached hydrogens (tertiary/aromatic N) is 6. The van der Waals surface area contributed by atoms with Crippen molar-refractivity contribution in [1.29, 1.82) is 0 Å². The van der Waals surface area contributed by atoms with Crippen LogP contribution in [0, 0.1) is 0 Å². The number of carbonyl (C=O) groups is 1. The highest BCUT2D eigenvalue weighted by molar-refractivity contribution is 5.91. The molecular weight excluding hydrogens is 396 g/mol. The van der Waals surface area contributed by atoms with E-state index >= 15 is 0 Å². The Hall–Kier alpha value is -4.34. The minimum absolute atomic E-state index is 0.0824. The van der Waals surface area contributed by atoms with Gasteiger partial charge in [0.2, 0.25) is 0 Å². The van der Waals surface area contributed by atoms with Gasteiger partial charge in [-0.2, -0.15) is 5.10 Å². The standard InChI is InChI=1S/C21H16N8O2/c30-21(20-28-27-19(31-20)14-9-25-26-10-14)29-6-5-15-17(24-11-23-15)18(29)16-7-12-3-1-2-4-13(12)8-22-16/h1-4,7-11,18H,5-6H2,(H,23,24)(H,25,26)/t18-/m1/s1. The van der Waals surface area contributed by atoms with E-state index in [0.717, 1.165) is 27.9 Å². The molecule has 0 aliphatic carbocycles. The van der Waals surface area contributed by atoms with E-state index in [1.54, 1.807) is 23.6 Å². The van der Waals surface area contributed by atoms with Crippen molar-refractivity contribution < 1.29 is 9.21 Å². The van der Waals surface area contributed by atoms with Gasteiger partial charge in [0.1, 0.15) is 6.04 Å². The third-order valence-corrected chi connectivity index (χ3v) is 5.47. The fourth-order valence-electron chi connectivity index (χ4n) is 3.96. The zero-order valence-corrected chi connectivity index (χ0v) is 16.2. The SMILES string of the molecule is O=C(c1nnc(-c2cn[nH]c2)o1)N1CCc2[nH]cnc2[C@H]1c1cc2ccccc2cn1. The first kappa shape index (κ1) is 17.5. The molecule has 152 valence electrons. The van der Waals surface area contributed by atoms with Gasteiger partial charge in [0.15, 0.2) is 0 Å². The van der Waals surface area contributed by atoms with E-state index in [4.69, 9.17) is 4.42 Å². The first-order valence-corrected chi connectivity index (χ1v) is 9.78. The first-order chi connectivity index (χ1) is 15.3. The number of carbonyl (C=O) groups excluding carboxylic acids is 1. The number of pyridine rings is 1. The van der Waals surface area contributed by atoms with Crippen LogP contribution in [0.1, 0.15) is 33.8 Å². The van der Waals surface area contributed by atoms with E-state index < -0.39 is 6.04 Å². The summed E-state index contributed by atoms with van der Waals surface area (Å²) in [5, 5.41) is 16.6. The van der Waals surface area contributed by atoms with Crippen molar-refractivity contribution >= 4 is 16.7 Å². The maximum absolute atomic E-state index is 13.4. The molecule has 2 N–H and O–H groups in total. The van der Waals surface area contributed by atoms with Crippen LogP contribution >= 0.6 is 0 Å². The molecule has 10 heteroatoms. The Bertz CT molecular complexity index is 1390. The van der Waals surface area contributed by atoms with Gasteiger partial charge in [-0.25, -0.2) is 4.98 Å². The van der Waals surface area contributed by atoms with Crippen molar-refractivity contribution in [2.45, 2.75) is 12.5 Å². The number of imidazole rings is 1. The molecule has 1 aliphatic heterocycles. The van der Waals surface area contributed by atoms with E-state index in [0.29, 0.717) is 18.5 Å². The van der Waals surface area contributed by atoms with Crippen LogP contribution < -0.4 is 0 Å². The van der Waals surface area contributed by atoms with Crippen LogP contribution in [-0.4, -0.2) is 52.7 Å². The lowest BCUT2D eigenvalue weighted by Crippen LogP contribution is -2.41. The summed E-state index contributed by atoms with van der Waals surface area (Å²) in [4.78, 5) is 27.4. The quantitative estimate of drug-likeness (QED) is 0.466. The Kier molecular flexibility index (Phi) is 3.88. The van der Waals surface area contributed by atoms with E-state index in [9.17, 15) is 4.79 Å². The van der Waals surface area contributed by atoms with Crippen LogP contribution in [-0.2, 0) is 6.42 Å². The van der Waals surface area contributed by atoms with Gasteiger partial charge in [-0.3, -0.25) is 14.9 Å². The molecule has 1 aromatic carbocycles. The van der Waals surface area contributed by atoms with E-state index in [1.807, 2.05) is 36.5 Å².